The quantitative estimate of drug-likeness (QED) is 0.156. The summed E-state index contributed by atoms with van der Waals surface area (Å²) in [6, 6.07) is 6.15. The molecule has 1 atom stereocenters. The summed E-state index contributed by atoms with van der Waals surface area (Å²) < 4.78 is 34.3. The van der Waals surface area contributed by atoms with Crippen LogP contribution in [0.25, 0.3) is 0 Å². The lowest BCUT2D eigenvalue weighted by Gasteiger charge is -2.14. The normalized spacial score (nSPS) is 12.7. The zero-order valence-electron chi connectivity index (χ0n) is 18.2. The second-order valence-electron chi connectivity index (χ2n) is 7.08. The first-order valence-corrected chi connectivity index (χ1v) is 11.3. The van der Waals surface area contributed by atoms with E-state index >= 15 is 0 Å². The van der Waals surface area contributed by atoms with Crippen molar-refractivity contribution in [2.24, 2.45) is 10.1 Å². The first kappa shape index (κ1) is 24.4. The average Bonchev–Trinajstić information content (AvgIpc) is 2.75. The van der Waals surface area contributed by atoms with E-state index in [4.69, 9.17) is 10.5 Å². The minimum absolute atomic E-state index is 0.169. The molecule has 0 aliphatic rings. The Bertz CT molecular complexity index is 1040. The van der Waals surface area contributed by atoms with Crippen molar-refractivity contribution in [2.45, 2.75) is 44.6 Å². The molecule has 0 amide bonds. The molecule has 1 aromatic heterocycles. The Morgan fingerprint density at radius 2 is 2.03 bits per heavy atom. The van der Waals surface area contributed by atoms with Gasteiger partial charge in [0.05, 0.1) is 18.0 Å². The number of nitrogens with zero attached hydrogens (tertiary/aromatic N) is 2. The van der Waals surface area contributed by atoms with Crippen LogP contribution < -0.4 is 21.3 Å². The molecule has 1 heterocycles. The number of hydrazine groups is 1. The van der Waals surface area contributed by atoms with Crippen LogP contribution in [0.4, 0.5) is 0 Å². The summed E-state index contributed by atoms with van der Waals surface area (Å²) in [7, 11) is -2.33. The lowest BCUT2D eigenvalue weighted by molar-refractivity contribution is 0.0951. The van der Waals surface area contributed by atoms with Gasteiger partial charge in [-0.05, 0) is 68.5 Å². The fourth-order valence-electron chi connectivity index (χ4n) is 3.14. The van der Waals surface area contributed by atoms with Crippen LogP contribution in [-0.2, 0) is 10.0 Å². The number of methoxy groups -OCH3 is 1. The summed E-state index contributed by atoms with van der Waals surface area (Å²) in [5, 5.41) is 0. The molecule has 0 aliphatic carbocycles. The van der Waals surface area contributed by atoms with Crippen molar-refractivity contribution in [2.75, 3.05) is 13.7 Å². The second-order valence-corrected chi connectivity index (χ2v) is 8.65. The van der Waals surface area contributed by atoms with E-state index in [-0.39, 0.29) is 10.7 Å². The van der Waals surface area contributed by atoms with E-state index in [1.165, 1.54) is 0 Å². The monoisotopic (exact) mass is 447 g/mol. The number of ketones is 1. The van der Waals surface area contributed by atoms with Gasteiger partial charge in [-0.3, -0.25) is 9.78 Å². The number of hydrogen-bond acceptors (Lipinski definition) is 7. The zero-order chi connectivity index (χ0) is 23.0. The third-order valence-corrected chi connectivity index (χ3v) is 6.41. The summed E-state index contributed by atoms with van der Waals surface area (Å²) in [4.78, 5) is 16.3. The number of Topliss-reactive ketones (excluding diaryl/α,β-unsaturated/α-hetero) is 1. The highest BCUT2D eigenvalue weighted by Gasteiger charge is 2.21. The molecule has 0 saturated carbocycles. The molecule has 0 unspecified atom stereocenters. The molecule has 9 nitrogen and oxygen atoms in total. The van der Waals surface area contributed by atoms with Crippen LogP contribution in [0, 0.1) is 20.8 Å². The van der Waals surface area contributed by atoms with Crippen molar-refractivity contribution < 1.29 is 17.9 Å². The first-order valence-electron chi connectivity index (χ1n) is 9.82. The number of aromatic nitrogens is 1. The number of benzene rings is 1. The van der Waals surface area contributed by atoms with Crippen LogP contribution in [0.1, 0.15) is 40.0 Å². The minimum atomic E-state index is -3.88. The Labute approximate surface area is 183 Å². The fraction of sp³-hybridized carbons (Fsp3) is 0.381. The van der Waals surface area contributed by atoms with Gasteiger partial charge in [0.2, 0.25) is 0 Å². The van der Waals surface area contributed by atoms with Crippen molar-refractivity contribution in [3.05, 3.63) is 52.8 Å². The summed E-state index contributed by atoms with van der Waals surface area (Å²) in [6.45, 7) is 5.71. The molecule has 10 heteroatoms. The van der Waals surface area contributed by atoms with Crippen LogP contribution in [0.2, 0.25) is 0 Å². The van der Waals surface area contributed by atoms with Gasteiger partial charge in [-0.1, -0.05) is 6.07 Å². The highest BCUT2D eigenvalue weighted by Crippen LogP contribution is 2.31. The number of aryl methyl sites for hydroxylation is 1. The van der Waals surface area contributed by atoms with Gasteiger partial charge >= 0.3 is 0 Å². The van der Waals surface area contributed by atoms with Crippen LogP contribution >= 0.6 is 0 Å². The Hall–Kier alpha value is -2.82. The first-order chi connectivity index (χ1) is 14.7. The SMILES string of the molecule is COc1cc(C)c(S(=O)(=O)N=CNNCCC[C@H](N)C(=O)c2ccccn2)c(C)c1C. The Balaban J connectivity index is 1.84. The van der Waals surface area contributed by atoms with Gasteiger partial charge in [0, 0.05) is 12.7 Å². The maximum atomic E-state index is 12.6. The average molecular weight is 448 g/mol. The number of nitrogens with one attached hydrogen (secondary N) is 2. The topological polar surface area (TPSA) is 136 Å². The van der Waals surface area contributed by atoms with Gasteiger partial charge in [-0.15, -0.1) is 4.40 Å². The number of rotatable bonds is 11. The predicted octanol–water partition coefficient (Wildman–Crippen LogP) is 1.82. The molecule has 168 valence electrons. The van der Waals surface area contributed by atoms with Crippen LogP contribution in [0.3, 0.4) is 0 Å². The Morgan fingerprint density at radius 3 is 2.68 bits per heavy atom. The van der Waals surface area contributed by atoms with Gasteiger partial charge in [0.15, 0.2) is 5.78 Å². The zero-order valence-corrected chi connectivity index (χ0v) is 19.0. The second kappa shape index (κ2) is 11.0. The Kier molecular flexibility index (Phi) is 8.66. The van der Waals surface area contributed by atoms with Gasteiger partial charge in [0.1, 0.15) is 17.8 Å². The van der Waals surface area contributed by atoms with Crippen molar-refractivity contribution in [1.29, 1.82) is 0 Å². The van der Waals surface area contributed by atoms with Gasteiger partial charge < -0.3 is 15.9 Å². The van der Waals surface area contributed by atoms with E-state index in [0.717, 1.165) is 11.9 Å². The molecular formula is C21H29N5O4S. The highest BCUT2D eigenvalue weighted by molar-refractivity contribution is 7.90. The Morgan fingerprint density at radius 1 is 1.29 bits per heavy atom. The van der Waals surface area contributed by atoms with E-state index in [0.29, 0.717) is 42.0 Å². The predicted molar refractivity (Wildman–Crippen MR) is 120 cm³/mol. The van der Waals surface area contributed by atoms with Gasteiger partial charge in [0.25, 0.3) is 10.0 Å². The molecule has 2 rings (SSSR count). The van der Waals surface area contributed by atoms with Crippen LogP contribution in [0.15, 0.2) is 39.8 Å². The summed E-state index contributed by atoms with van der Waals surface area (Å²) >= 11 is 0. The molecule has 0 aliphatic heterocycles. The van der Waals surface area contributed by atoms with Crippen molar-refractivity contribution in [3.63, 3.8) is 0 Å². The number of sulfonamides is 1. The third-order valence-electron chi connectivity index (χ3n) is 4.89. The number of pyridine rings is 1. The maximum Gasteiger partial charge on any atom is 0.284 e. The van der Waals surface area contributed by atoms with E-state index in [2.05, 4.69) is 20.2 Å². The summed E-state index contributed by atoms with van der Waals surface area (Å²) in [5.41, 5.74) is 13.7. The molecule has 0 bridgehead atoms. The summed E-state index contributed by atoms with van der Waals surface area (Å²) in [6.07, 6.45) is 3.70. The molecule has 2 aromatic rings. The van der Waals surface area contributed by atoms with Gasteiger partial charge in [-0.25, -0.2) is 5.43 Å². The van der Waals surface area contributed by atoms with Crippen molar-refractivity contribution >= 4 is 22.1 Å². The number of carbonyl (C=O) groups excluding carboxylic acids is 1. The number of nitrogens with two attached hydrogens (primary N) is 1. The number of hydrogen-bond donors (Lipinski definition) is 3. The van der Waals surface area contributed by atoms with E-state index in [9.17, 15) is 13.2 Å². The lowest BCUT2D eigenvalue weighted by Crippen LogP contribution is -2.35. The molecular weight excluding hydrogens is 418 g/mol. The number of carbonyl (C=O) groups is 1. The molecule has 1 aromatic carbocycles. The van der Waals surface area contributed by atoms with E-state index in [1.807, 2.05) is 0 Å². The van der Waals surface area contributed by atoms with E-state index in [1.54, 1.807) is 58.3 Å². The lowest BCUT2D eigenvalue weighted by atomic mass is 10.1. The van der Waals surface area contributed by atoms with Crippen molar-refractivity contribution in [1.82, 2.24) is 15.8 Å². The fourth-order valence-corrected chi connectivity index (χ4v) is 4.44. The van der Waals surface area contributed by atoms with Crippen molar-refractivity contribution in [3.8, 4) is 5.75 Å². The minimum Gasteiger partial charge on any atom is -0.496 e. The van der Waals surface area contributed by atoms with Crippen LogP contribution in [0.5, 0.6) is 5.75 Å². The largest absolute Gasteiger partial charge is 0.496 e. The highest BCUT2D eigenvalue weighted by atomic mass is 32.2. The number of ether oxygens (including phenoxy) is 1. The molecule has 0 saturated heterocycles. The molecule has 0 radical (unpaired) electrons. The van der Waals surface area contributed by atoms with E-state index < -0.39 is 16.1 Å². The summed E-state index contributed by atoms with van der Waals surface area (Å²) in [5.74, 6) is 0.430. The molecule has 0 fully saturated rings. The standard InChI is InChI=1S/C21H29N5O4S/c1-14-12-19(30-4)15(2)16(3)21(14)31(28,29)26-13-25-24-11-7-8-17(22)20(27)18-9-5-6-10-23-18/h5-6,9-10,12-13,17,24H,7-8,11,22H2,1-4H3,(H,25,26)/t17-/m0/s1. The van der Waals surface area contributed by atoms with Crippen LogP contribution in [-0.4, -0.2) is 45.2 Å². The van der Waals surface area contributed by atoms with Gasteiger partial charge in [-0.2, -0.15) is 8.42 Å². The maximum absolute atomic E-state index is 12.6. The third kappa shape index (κ3) is 6.33. The molecule has 4 N–H and O–H groups in total. The molecule has 31 heavy (non-hydrogen) atoms. The smallest absolute Gasteiger partial charge is 0.284 e. The molecule has 0 spiro atoms.